The average molecular weight is 306 g/mol. The Morgan fingerprint density at radius 3 is 2.71 bits per heavy atom. The number of methoxy groups -OCH3 is 1. The van der Waals surface area contributed by atoms with Crippen LogP contribution in [0, 0.1) is 5.92 Å². The molecule has 0 bridgehead atoms. The van der Waals surface area contributed by atoms with Crippen molar-refractivity contribution >= 4 is 17.6 Å². The number of ether oxygens (including phenoxy) is 1. The summed E-state index contributed by atoms with van der Waals surface area (Å²) in [7, 11) is 1.44. The molecule has 0 saturated heterocycles. The van der Waals surface area contributed by atoms with Crippen LogP contribution in [0.3, 0.4) is 0 Å². The molecule has 21 heavy (non-hydrogen) atoms. The lowest BCUT2D eigenvalue weighted by Crippen LogP contribution is -2.16. The summed E-state index contributed by atoms with van der Waals surface area (Å²) in [6.07, 6.45) is 3.00. The summed E-state index contributed by atoms with van der Waals surface area (Å²) >= 11 is 5.92. The Hall–Kier alpha value is -1.81. The summed E-state index contributed by atoms with van der Waals surface area (Å²) in [6.45, 7) is 0. The molecule has 0 spiro atoms. The Morgan fingerprint density at radius 2 is 2.00 bits per heavy atom. The fraction of sp³-hybridized carbons (Fsp3) is 0.375. The zero-order chi connectivity index (χ0) is 14.8. The number of esters is 1. The van der Waals surface area contributed by atoms with E-state index in [2.05, 4.69) is 5.16 Å². The molecule has 0 aliphatic heterocycles. The number of aryl methyl sites for hydroxylation is 1. The van der Waals surface area contributed by atoms with Crippen molar-refractivity contribution in [2.24, 2.45) is 5.92 Å². The zero-order valence-corrected chi connectivity index (χ0v) is 12.5. The van der Waals surface area contributed by atoms with Gasteiger partial charge in [-0.15, -0.1) is 0 Å². The Bertz CT molecular complexity index is 648. The summed E-state index contributed by atoms with van der Waals surface area (Å²) in [5.41, 5.74) is 2.94. The largest absolute Gasteiger partial charge is 0.469 e. The maximum atomic E-state index is 11.7. The highest BCUT2D eigenvalue weighted by molar-refractivity contribution is 6.30. The number of nitrogens with zero attached hydrogens (tertiary/aromatic N) is 1. The van der Waals surface area contributed by atoms with Crippen LogP contribution >= 0.6 is 11.6 Å². The van der Waals surface area contributed by atoms with Crippen molar-refractivity contribution in [1.29, 1.82) is 0 Å². The number of benzene rings is 1. The van der Waals surface area contributed by atoms with Crippen LogP contribution in [0.15, 0.2) is 28.8 Å². The van der Waals surface area contributed by atoms with Gasteiger partial charge in [0.05, 0.1) is 13.0 Å². The van der Waals surface area contributed by atoms with Gasteiger partial charge in [0, 0.05) is 22.6 Å². The van der Waals surface area contributed by atoms with Crippen molar-refractivity contribution in [2.75, 3.05) is 7.11 Å². The first-order valence-electron chi connectivity index (χ1n) is 7.00. The molecular formula is C16H16ClNO3. The van der Waals surface area contributed by atoms with Gasteiger partial charge in [0.15, 0.2) is 0 Å². The molecule has 1 aromatic heterocycles. The van der Waals surface area contributed by atoms with E-state index in [-0.39, 0.29) is 11.9 Å². The standard InChI is InChI=1S/C16H16ClNO3/c1-20-16(19)11-4-8-13-14(9-5-11)21-18-15(13)10-2-6-12(17)7-3-10/h2-3,6-7,11H,4-5,8-9H2,1H3. The molecule has 2 aromatic rings. The van der Waals surface area contributed by atoms with Gasteiger partial charge in [0.2, 0.25) is 0 Å². The average Bonchev–Trinajstić information content (AvgIpc) is 2.79. The highest BCUT2D eigenvalue weighted by atomic mass is 35.5. The monoisotopic (exact) mass is 305 g/mol. The minimum Gasteiger partial charge on any atom is -0.469 e. The molecule has 1 aliphatic rings. The van der Waals surface area contributed by atoms with Crippen molar-refractivity contribution in [3.8, 4) is 11.3 Å². The smallest absolute Gasteiger partial charge is 0.308 e. The Kier molecular flexibility index (Phi) is 3.97. The third-order valence-corrected chi connectivity index (χ3v) is 4.24. The van der Waals surface area contributed by atoms with Gasteiger partial charge in [0.1, 0.15) is 11.5 Å². The molecule has 0 N–H and O–H groups in total. The van der Waals surface area contributed by atoms with E-state index in [1.165, 1.54) is 7.11 Å². The quantitative estimate of drug-likeness (QED) is 0.627. The van der Waals surface area contributed by atoms with E-state index >= 15 is 0 Å². The first kappa shape index (κ1) is 14.1. The molecule has 1 aromatic carbocycles. The maximum Gasteiger partial charge on any atom is 0.308 e. The van der Waals surface area contributed by atoms with Crippen LogP contribution in [0.1, 0.15) is 24.2 Å². The van der Waals surface area contributed by atoms with Crippen molar-refractivity contribution in [2.45, 2.75) is 25.7 Å². The summed E-state index contributed by atoms with van der Waals surface area (Å²) in [5.74, 6) is 0.683. The first-order valence-corrected chi connectivity index (χ1v) is 7.38. The van der Waals surface area contributed by atoms with Crippen LogP contribution in [0.25, 0.3) is 11.3 Å². The fourth-order valence-electron chi connectivity index (χ4n) is 2.80. The van der Waals surface area contributed by atoms with Gasteiger partial charge >= 0.3 is 5.97 Å². The van der Waals surface area contributed by atoms with Crippen LogP contribution in [-0.4, -0.2) is 18.2 Å². The number of hydrogen-bond acceptors (Lipinski definition) is 4. The molecule has 3 rings (SSSR count). The lowest BCUT2D eigenvalue weighted by atomic mass is 9.99. The number of aromatic nitrogens is 1. The van der Waals surface area contributed by atoms with E-state index in [0.717, 1.165) is 48.3 Å². The maximum absolute atomic E-state index is 11.7. The molecule has 110 valence electrons. The van der Waals surface area contributed by atoms with Crippen LogP contribution in [0.5, 0.6) is 0 Å². The van der Waals surface area contributed by atoms with Crippen LogP contribution in [-0.2, 0) is 22.4 Å². The molecule has 1 atom stereocenters. The molecule has 1 aliphatic carbocycles. The Labute approximate surface area is 128 Å². The second-order valence-electron chi connectivity index (χ2n) is 5.24. The molecule has 0 amide bonds. The first-order chi connectivity index (χ1) is 10.2. The number of carbonyl (C=O) groups excluding carboxylic acids is 1. The summed E-state index contributed by atoms with van der Waals surface area (Å²) in [6, 6.07) is 7.55. The number of fused-ring (bicyclic) bond motifs is 1. The molecular weight excluding hydrogens is 290 g/mol. The van der Waals surface area contributed by atoms with Crippen LogP contribution in [0.4, 0.5) is 0 Å². The minimum atomic E-state index is -0.138. The van der Waals surface area contributed by atoms with Crippen molar-refractivity contribution in [3.63, 3.8) is 0 Å². The van der Waals surface area contributed by atoms with Crippen LogP contribution < -0.4 is 0 Å². The number of hydrogen-bond donors (Lipinski definition) is 0. The van der Waals surface area contributed by atoms with Crippen LogP contribution in [0.2, 0.25) is 5.02 Å². The van der Waals surface area contributed by atoms with E-state index in [1.807, 2.05) is 24.3 Å². The summed E-state index contributed by atoms with van der Waals surface area (Å²) in [4.78, 5) is 11.7. The molecule has 5 heteroatoms. The Morgan fingerprint density at radius 1 is 1.29 bits per heavy atom. The molecule has 0 fully saturated rings. The van der Waals surface area contributed by atoms with Gasteiger partial charge in [-0.05, 0) is 31.4 Å². The van der Waals surface area contributed by atoms with Crippen molar-refractivity contribution in [3.05, 3.63) is 40.6 Å². The van der Waals surface area contributed by atoms with E-state index < -0.39 is 0 Å². The van der Waals surface area contributed by atoms with Gasteiger partial charge in [0.25, 0.3) is 0 Å². The molecule has 1 heterocycles. The van der Waals surface area contributed by atoms with E-state index in [9.17, 15) is 4.79 Å². The van der Waals surface area contributed by atoms with Gasteiger partial charge in [-0.3, -0.25) is 4.79 Å². The van der Waals surface area contributed by atoms with Crippen molar-refractivity contribution in [1.82, 2.24) is 5.16 Å². The Balaban J connectivity index is 1.87. The SMILES string of the molecule is COC(=O)C1CCc2onc(-c3ccc(Cl)cc3)c2CC1. The molecule has 0 saturated carbocycles. The lowest BCUT2D eigenvalue weighted by molar-refractivity contribution is -0.145. The van der Waals surface area contributed by atoms with Gasteiger partial charge in [-0.25, -0.2) is 0 Å². The van der Waals surface area contributed by atoms with Gasteiger partial charge < -0.3 is 9.26 Å². The second kappa shape index (κ2) is 5.90. The highest BCUT2D eigenvalue weighted by Gasteiger charge is 2.27. The van der Waals surface area contributed by atoms with E-state index in [4.69, 9.17) is 20.9 Å². The minimum absolute atomic E-state index is 0.0596. The van der Waals surface area contributed by atoms with E-state index in [1.54, 1.807) is 0 Å². The van der Waals surface area contributed by atoms with Gasteiger partial charge in [-0.1, -0.05) is 28.9 Å². The third kappa shape index (κ3) is 2.81. The van der Waals surface area contributed by atoms with Crippen molar-refractivity contribution < 1.29 is 14.1 Å². The molecule has 1 unspecified atom stereocenters. The molecule has 4 nitrogen and oxygen atoms in total. The fourth-order valence-corrected chi connectivity index (χ4v) is 2.93. The normalized spacial score (nSPS) is 17.9. The zero-order valence-electron chi connectivity index (χ0n) is 11.8. The molecule has 0 radical (unpaired) electrons. The lowest BCUT2D eigenvalue weighted by Gasteiger charge is -2.10. The topological polar surface area (TPSA) is 52.3 Å². The number of carbonyl (C=O) groups is 1. The van der Waals surface area contributed by atoms with E-state index in [0.29, 0.717) is 5.02 Å². The predicted octanol–water partition coefficient (Wildman–Crippen LogP) is 3.66. The summed E-state index contributed by atoms with van der Waals surface area (Å²) in [5, 5.41) is 4.89. The second-order valence-corrected chi connectivity index (χ2v) is 5.67. The number of rotatable bonds is 2. The predicted molar refractivity (Wildman–Crippen MR) is 79.1 cm³/mol. The highest BCUT2D eigenvalue weighted by Crippen LogP contribution is 2.33. The summed E-state index contributed by atoms with van der Waals surface area (Å²) < 4.78 is 10.3. The number of halogens is 1. The third-order valence-electron chi connectivity index (χ3n) is 3.98. The van der Waals surface area contributed by atoms with Gasteiger partial charge in [-0.2, -0.15) is 0 Å².